The molecule has 0 bridgehead atoms. The number of para-hydroxylation sites is 4. The Morgan fingerprint density at radius 2 is 0.483 bits per heavy atom. The van der Waals surface area contributed by atoms with Gasteiger partial charge in [-0.1, -0.05) is 170 Å². The van der Waals surface area contributed by atoms with E-state index in [4.69, 9.17) is 0 Å². The van der Waals surface area contributed by atoms with Gasteiger partial charge in [-0.15, -0.1) is 108 Å². The third kappa shape index (κ3) is 11.3. The van der Waals surface area contributed by atoms with Gasteiger partial charge in [0.1, 0.15) is 0 Å². The smallest absolute Gasteiger partial charge is 0.309 e. The van der Waals surface area contributed by atoms with Crippen LogP contribution < -0.4 is 0 Å². The SMILES string of the molecule is [Ir+3].[c-]1ccccc1-c1nccc2ccccc12.[c-]1ccccc1-c1nccc2ccccc12.[c-]1ccccc1-c1nccc2ccccc12.c1ccc2c(c1)c1ccccc1n2-c1ccc(-c2ccc(-n3c4ccccc4c4ccccc43)cc2)cc1. The van der Waals surface area contributed by atoms with E-state index in [0.717, 1.165) is 33.8 Å². The molecule has 0 aliphatic heterocycles. The van der Waals surface area contributed by atoms with Crippen LogP contribution in [-0.2, 0) is 20.1 Å². The predicted octanol–water partition coefficient (Wildman–Crippen LogP) is 20.7. The molecular weight excluding hydrogens is 1240 g/mol. The van der Waals surface area contributed by atoms with Gasteiger partial charge in [-0.3, -0.25) is 0 Å². The fraction of sp³-hybridized carbons (Fsp3) is 0. The molecule has 17 rings (SSSR count). The second-order valence-corrected chi connectivity index (χ2v) is 20.8. The Morgan fingerprint density at radius 1 is 0.230 bits per heavy atom. The Kier molecular flexibility index (Phi) is 16.2. The summed E-state index contributed by atoms with van der Waals surface area (Å²) in [7, 11) is 0. The van der Waals surface area contributed by atoms with Crippen molar-refractivity contribution in [3.63, 3.8) is 0 Å². The first-order chi connectivity index (χ1) is 42.7. The minimum absolute atomic E-state index is 0. The van der Waals surface area contributed by atoms with Crippen molar-refractivity contribution >= 4 is 75.9 Å². The summed E-state index contributed by atoms with van der Waals surface area (Å²) in [6.07, 6.45) is 5.54. The number of hydrogen-bond acceptors (Lipinski definition) is 3. The van der Waals surface area contributed by atoms with Crippen molar-refractivity contribution in [3.8, 4) is 56.3 Å². The van der Waals surface area contributed by atoms with Gasteiger partial charge < -0.3 is 24.1 Å². The van der Waals surface area contributed by atoms with E-state index in [1.165, 1.54) is 98.4 Å². The third-order valence-corrected chi connectivity index (χ3v) is 15.7. The molecule has 0 unspecified atom stereocenters. The zero-order valence-electron chi connectivity index (χ0n) is 47.2. The van der Waals surface area contributed by atoms with Gasteiger partial charge in [-0.25, -0.2) is 0 Å². The Morgan fingerprint density at radius 3 is 0.759 bits per heavy atom. The maximum absolute atomic E-state index is 4.45. The summed E-state index contributed by atoms with van der Waals surface area (Å²) in [6, 6.07) is 117. The van der Waals surface area contributed by atoms with Crippen LogP contribution in [0.4, 0.5) is 0 Å². The fourth-order valence-electron chi connectivity index (χ4n) is 11.6. The molecule has 6 heteroatoms. The van der Waals surface area contributed by atoms with Gasteiger partial charge in [0.15, 0.2) is 0 Å². The van der Waals surface area contributed by atoms with E-state index in [1.807, 2.05) is 146 Å². The van der Waals surface area contributed by atoms with Crippen LogP contribution in [-0.4, -0.2) is 24.1 Å². The average molecular weight is 1290 g/mol. The standard InChI is InChI=1S/C36H24N2.3C15H10N.Ir/c1-5-13-33-29(9-1)30-10-2-6-14-34(30)37(33)27-21-17-25(18-22-27)26-19-23-28(24-20-26)38-35-15-7-3-11-31(35)32-12-4-8-16-36(32)38;3*1-2-7-13(8-3-1)15-14-9-5-4-6-12(14)10-11-16-15;/h1-24H;3*1-7,9-11H;/q;3*-1;+3. The zero-order valence-corrected chi connectivity index (χ0v) is 49.6. The van der Waals surface area contributed by atoms with E-state index >= 15 is 0 Å². The normalized spacial score (nSPS) is 10.9. The first kappa shape index (κ1) is 55.3. The molecule has 0 saturated carbocycles. The number of fused-ring (bicyclic) bond motifs is 9. The molecule has 0 atom stereocenters. The number of nitrogens with zero attached hydrogens (tertiary/aromatic N) is 5. The van der Waals surface area contributed by atoms with E-state index in [9.17, 15) is 0 Å². The van der Waals surface area contributed by atoms with E-state index < -0.39 is 0 Å². The Balaban J connectivity index is 0.000000119. The van der Waals surface area contributed by atoms with Gasteiger partial charge in [0.05, 0.1) is 22.1 Å². The van der Waals surface area contributed by atoms with Crippen LogP contribution in [0.2, 0.25) is 0 Å². The minimum Gasteiger partial charge on any atom is -0.309 e. The molecule has 0 radical (unpaired) electrons. The third-order valence-electron chi connectivity index (χ3n) is 15.7. The van der Waals surface area contributed by atoms with Gasteiger partial charge in [0, 0.05) is 51.5 Å². The molecule has 0 fully saturated rings. The van der Waals surface area contributed by atoms with Crippen molar-refractivity contribution in [2.45, 2.75) is 0 Å². The molecule has 412 valence electrons. The number of pyridine rings is 3. The molecule has 5 nitrogen and oxygen atoms in total. The molecule has 87 heavy (non-hydrogen) atoms. The summed E-state index contributed by atoms with van der Waals surface area (Å²) in [5.41, 5.74) is 15.8. The molecule has 0 amide bonds. The van der Waals surface area contributed by atoms with E-state index in [-0.39, 0.29) is 20.1 Å². The van der Waals surface area contributed by atoms with Crippen LogP contribution in [0.15, 0.2) is 328 Å². The van der Waals surface area contributed by atoms with E-state index in [2.05, 4.69) is 224 Å². The van der Waals surface area contributed by atoms with Crippen LogP contribution in [0.25, 0.3) is 132 Å². The van der Waals surface area contributed by atoms with E-state index in [0.29, 0.717) is 0 Å². The van der Waals surface area contributed by atoms with Crippen LogP contribution >= 0.6 is 0 Å². The van der Waals surface area contributed by atoms with E-state index in [1.54, 1.807) is 0 Å². The maximum Gasteiger partial charge on any atom is 3.00 e. The summed E-state index contributed by atoms with van der Waals surface area (Å²) >= 11 is 0. The molecule has 0 aliphatic rings. The van der Waals surface area contributed by atoms with Crippen LogP contribution in [0.5, 0.6) is 0 Å². The van der Waals surface area contributed by atoms with Gasteiger partial charge in [0.25, 0.3) is 0 Å². The van der Waals surface area contributed by atoms with Crippen molar-refractivity contribution in [1.29, 1.82) is 0 Å². The average Bonchev–Trinajstić information content (AvgIpc) is 1.84. The summed E-state index contributed by atoms with van der Waals surface area (Å²) < 4.78 is 4.72. The molecule has 0 saturated heterocycles. The van der Waals surface area contributed by atoms with Crippen LogP contribution in [0.3, 0.4) is 0 Å². The van der Waals surface area contributed by atoms with Crippen LogP contribution in [0.1, 0.15) is 0 Å². The van der Waals surface area contributed by atoms with Gasteiger partial charge in [-0.2, -0.15) is 0 Å². The van der Waals surface area contributed by atoms with Gasteiger partial charge in [-0.05, 0) is 127 Å². The Hall–Kier alpha value is -10.9. The molecule has 0 aliphatic carbocycles. The second kappa shape index (κ2) is 25.5. The quantitative estimate of drug-likeness (QED) is 0.156. The fourth-order valence-corrected chi connectivity index (χ4v) is 11.6. The van der Waals surface area contributed by atoms with Crippen molar-refractivity contribution in [2.24, 2.45) is 0 Å². The number of aromatic nitrogens is 5. The number of rotatable bonds is 6. The minimum atomic E-state index is 0. The summed E-state index contributed by atoms with van der Waals surface area (Å²) in [5, 5.41) is 12.3. The monoisotopic (exact) mass is 1290 g/mol. The molecule has 0 spiro atoms. The van der Waals surface area contributed by atoms with Gasteiger partial charge >= 0.3 is 20.1 Å². The topological polar surface area (TPSA) is 48.5 Å². The molecule has 5 aromatic heterocycles. The Bertz CT molecular complexity index is 4610. The van der Waals surface area contributed by atoms with Crippen molar-refractivity contribution in [2.75, 3.05) is 0 Å². The van der Waals surface area contributed by atoms with Crippen LogP contribution in [0, 0.1) is 18.2 Å². The Labute approximate surface area is 519 Å². The summed E-state index contributed by atoms with van der Waals surface area (Å²) in [5.74, 6) is 0. The van der Waals surface area contributed by atoms with Crippen molar-refractivity contribution in [3.05, 3.63) is 346 Å². The molecular formula is C81H54IrN5. The zero-order chi connectivity index (χ0) is 57.4. The summed E-state index contributed by atoms with van der Waals surface area (Å²) in [6.45, 7) is 0. The second-order valence-electron chi connectivity index (χ2n) is 20.8. The molecule has 5 heterocycles. The van der Waals surface area contributed by atoms with Crippen molar-refractivity contribution in [1.82, 2.24) is 24.1 Å². The predicted molar refractivity (Wildman–Crippen MR) is 359 cm³/mol. The van der Waals surface area contributed by atoms with Crippen molar-refractivity contribution < 1.29 is 20.1 Å². The largest absolute Gasteiger partial charge is 3.00 e. The summed E-state index contributed by atoms with van der Waals surface area (Å²) in [4.78, 5) is 13.3. The number of benzene rings is 12. The maximum atomic E-state index is 4.45. The molecule has 12 aromatic carbocycles. The molecule has 17 aromatic rings. The van der Waals surface area contributed by atoms with Gasteiger partial charge in [0.2, 0.25) is 0 Å². The first-order valence-corrected chi connectivity index (χ1v) is 28.8. The molecule has 0 N–H and O–H groups in total. The number of hydrogen-bond donors (Lipinski definition) is 0. The first-order valence-electron chi connectivity index (χ1n) is 28.8.